The average molecular weight is 289 g/mol. The lowest BCUT2D eigenvalue weighted by atomic mass is 10.1. The van der Waals surface area contributed by atoms with Gasteiger partial charge in [-0.15, -0.1) is 0 Å². The van der Waals surface area contributed by atoms with Gasteiger partial charge in [-0.25, -0.2) is 0 Å². The second-order valence-electron chi connectivity index (χ2n) is 4.69. The minimum Gasteiger partial charge on any atom is -0.374 e. The molecule has 1 aromatic carbocycles. The summed E-state index contributed by atoms with van der Waals surface area (Å²) in [5.74, 6) is 6.08. The summed E-state index contributed by atoms with van der Waals surface area (Å²) in [6.07, 6.45) is 0.772. The third kappa shape index (κ3) is 8.98. The highest BCUT2D eigenvalue weighted by Crippen LogP contribution is 2.02. The van der Waals surface area contributed by atoms with Gasteiger partial charge in [-0.3, -0.25) is 4.79 Å². The van der Waals surface area contributed by atoms with Crippen molar-refractivity contribution in [1.29, 1.82) is 0 Å². The van der Waals surface area contributed by atoms with E-state index < -0.39 is 0 Å². The summed E-state index contributed by atoms with van der Waals surface area (Å²) >= 11 is 0. The van der Waals surface area contributed by atoms with E-state index in [-0.39, 0.29) is 12.4 Å². The van der Waals surface area contributed by atoms with Crippen molar-refractivity contribution >= 4 is 5.78 Å². The standard InChI is InChI=1S/C17H23NO3/c1-15(19)14-21-12-4-11-20-10-3-5-16-6-8-17(9-7-16)13-18-2/h6-9,18H,4,10-14H2,1-2H3. The van der Waals surface area contributed by atoms with Gasteiger partial charge < -0.3 is 14.8 Å². The van der Waals surface area contributed by atoms with Gasteiger partial charge in [0.25, 0.3) is 0 Å². The number of hydrogen-bond acceptors (Lipinski definition) is 4. The molecule has 0 aromatic heterocycles. The summed E-state index contributed by atoms with van der Waals surface area (Å²) < 4.78 is 10.5. The van der Waals surface area contributed by atoms with E-state index >= 15 is 0 Å². The molecule has 0 heterocycles. The molecule has 0 fully saturated rings. The smallest absolute Gasteiger partial charge is 0.155 e. The lowest BCUT2D eigenvalue weighted by Gasteiger charge is -2.01. The highest BCUT2D eigenvalue weighted by molar-refractivity contribution is 5.76. The molecule has 0 saturated carbocycles. The molecular weight excluding hydrogens is 266 g/mol. The highest BCUT2D eigenvalue weighted by atomic mass is 16.5. The maximum atomic E-state index is 10.6. The van der Waals surface area contributed by atoms with Gasteiger partial charge in [-0.2, -0.15) is 0 Å². The Kier molecular flexibility index (Phi) is 9.14. The van der Waals surface area contributed by atoms with Crippen molar-refractivity contribution < 1.29 is 14.3 Å². The minimum atomic E-state index is 0.0440. The average Bonchev–Trinajstić information content (AvgIpc) is 2.47. The second kappa shape index (κ2) is 11.0. The molecule has 0 bridgehead atoms. The maximum Gasteiger partial charge on any atom is 0.155 e. The Hall–Kier alpha value is -1.67. The van der Waals surface area contributed by atoms with Crippen LogP contribution < -0.4 is 5.32 Å². The number of ether oxygens (including phenoxy) is 2. The molecular formula is C17H23NO3. The van der Waals surface area contributed by atoms with Crippen LogP contribution in [-0.4, -0.2) is 39.3 Å². The van der Waals surface area contributed by atoms with Crippen molar-refractivity contribution in [2.75, 3.05) is 33.5 Å². The fourth-order valence-electron chi connectivity index (χ4n) is 1.65. The molecule has 0 spiro atoms. The Morgan fingerprint density at radius 1 is 1.19 bits per heavy atom. The summed E-state index contributed by atoms with van der Waals surface area (Å²) in [5, 5.41) is 3.11. The molecule has 1 rings (SSSR count). The van der Waals surface area contributed by atoms with Crippen LogP contribution in [0.25, 0.3) is 0 Å². The van der Waals surface area contributed by atoms with Crippen LogP contribution in [0.3, 0.4) is 0 Å². The number of carbonyl (C=O) groups is 1. The molecule has 4 nitrogen and oxygen atoms in total. The van der Waals surface area contributed by atoms with Crippen molar-refractivity contribution in [3.8, 4) is 11.8 Å². The van der Waals surface area contributed by atoms with Gasteiger partial charge in [-0.1, -0.05) is 24.0 Å². The number of ketones is 1. The maximum absolute atomic E-state index is 10.6. The quantitative estimate of drug-likeness (QED) is 0.556. The first kappa shape index (κ1) is 17.4. The predicted octanol–water partition coefficient (Wildman–Crippen LogP) is 1.77. The number of Topliss-reactive ketones (excluding diaryl/α,β-unsaturated/α-hetero) is 1. The van der Waals surface area contributed by atoms with E-state index in [2.05, 4.69) is 29.3 Å². The van der Waals surface area contributed by atoms with E-state index in [0.29, 0.717) is 19.8 Å². The Balaban J connectivity index is 2.11. The van der Waals surface area contributed by atoms with Crippen molar-refractivity contribution in [1.82, 2.24) is 5.32 Å². The highest BCUT2D eigenvalue weighted by Gasteiger charge is 1.93. The van der Waals surface area contributed by atoms with Crippen LogP contribution in [0.2, 0.25) is 0 Å². The van der Waals surface area contributed by atoms with Crippen molar-refractivity contribution in [3.05, 3.63) is 35.4 Å². The summed E-state index contributed by atoms with van der Waals surface area (Å²) in [4.78, 5) is 10.6. The lowest BCUT2D eigenvalue weighted by Crippen LogP contribution is -2.07. The van der Waals surface area contributed by atoms with Gasteiger partial charge in [0.1, 0.15) is 13.2 Å². The van der Waals surface area contributed by atoms with Crippen molar-refractivity contribution in [2.24, 2.45) is 0 Å². The van der Waals surface area contributed by atoms with Gasteiger partial charge in [-0.05, 0) is 38.1 Å². The largest absolute Gasteiger partial charge is 0.374 e. The third-order valence-electron chi connectivity index (χ3n) is 2.62. The van der Waals surface area contributed by atoms with Crippen LogP contribution >= 0.6 is 0 Å². The first-order chi connectivity index (χ1) is 10.2. The number of rotatable bonds is 9. The molecule has 4 heteroatoms. The number of nitrogens with one attached hydrogen (secondary N) is 1. The zero-order valence-electron chi connectivity index (χ0n) is 12.8. The second-order valence-corrected chi connectivity index (χ2v) is 4.69. The topological polar surface area (TPSA) is 47.6 Å². The van der Waals surface area contributed by atoms with Crippen LogP contribution in [0.5, 0.6) is 0 Å². The molecule has 21 heavy (non-hydrogen) atoms. The van der Waals surface area contributed by atoms with E-state index in [1.807, 2.05) is 19.2 Å². The van der Waals surface area contributed by atoms with Crippen LogP contribution in [0.15, 0.2) is 24.3 Å². The van der Waals surface area contributed by atoms with Gasteiger partial charge in [0.2, 0.25) is 0 Å². The van der Waals surface area contributed by atoms with E-state index in [0.717, 1.165) is 18.5 Å². The molecule has 114 valence electrons. The Bertz CT molecular complexity index is 471. The van der Waals surface area contributed by atoms with Crippen LogP contribution in [0.1, 0.15) is 24.5 Å². The summed E-state index contributed by atoms with van der Waals surface area (Å²) in [7, 11) is 1.93. The van der Waals surface area contributed by atoms with Crippen LogP contribution in [0.4, 0.5) is 0 Å². The molecule has 0 aliphatic heterocycles. The van der Waals surface area contributed by atoms with Crippen molar-refractivity contribution in [3.63, 3.8) is 0 Å². The van der Waals surface area contributed by atoms with Crippen LogP contribution in [-0.2, 0) is 20.8 Å². The fraction of sp³-hybridized carbons (Fsp3) is 0.471. The molecule has 0 amide bonds. The first-order valence-corrected chi connectivity index (χ1v) is 7.09. The third-order valence-corrected chi connectivity index (χ3v) is 2.62. The minimum absolute atomic E-state index is 0.0440. The van der Waals surface area contributed by atoms with E-state index in [1.165, 1.54) is 12.5 Å². The summed E-state index contributed by atoms with van der Waals surface area (Å²) in [6.45, 7) is 4.10. The Labute approximate surface area is 126 Å². The Morgan fingerprint density at radius 3 is 2.57 bits per heavy atom. The molecule has 1 N–H and O–H groups in total. The van der Waals surface area contributed by atoms with E-state index in [9.17, 15) is 4.79 Å². The lowest BCUT2D eigenvalue weighted by molar-refractivity contribution is -0.121. The van der Waals surface area contributed by atoms with Gasteiger partial charge in [0.05, 0.1) is 6.61 Å². The molecule has 0 saturated heterocycles. The molecule has 0 unspecified atom stereocenters. The van der Waals surface area contributed by atoms with E-state index in [4.69, 9.17) is 9.47 Å². The normalized spacial score (nSPS) is 10.0. The first-order valence-electron chi connectivity index (χ1n) is 7.09. The molecule has 0 radical (unpaired) electrons. The number of hydrogen-bond donors (Lipinski definition) is 1. The molecule has 1 aromatic rings. The van der Waals surface area contributed by atoms with Gasteiger partial charge >= 0.3 is 0 Å². The molecule has 0 atom stereocenters. The zero-order chi connectivity index (χ0) is 15.3. The van der Waals surface area contributed by atoms with Gasteiger partial charge in [0, 0.05) is 18.7 Å². The van der Waals surface area contributed by atoms with Crippen molar-refractivity contribution in [2.45, 2.75) is 19.9 Å². The summed E-state index contributed by atoms with van der Waals surface area (Å²) in [5.41, 5.74) is 2.23. The van der Waals surface area contributed by atoms with Crippen LogP contribution in [0, 0.1) is 11.8 Å². The monoisotopic (exact) mass is 289 g/mol. The van der Waals surface area contributed by atoms with E-state index in [1.54, 1.807) is 0 Å². The predicted molar refractivity (Wildman–Crippen MR) is 83.0 cm³/mol. The number of benzene rings is 1. The zero-order valence-corrected chi connectivity index (χ0v) is 12.8. The Morgan fingerprint density at radius 2 is 1.90 bits per heavy atom. The van der Waals surface area contributed by atoms with Gasteiger partial charge in [0.15, 0.2) is 5.78 Å². The molecule has 0 aliphatic rings. The molecule has 0 aliphatic carbocycles. The SMILES string of the molecule is CNCc1ccc(C#CCOCCCOCC(C)=O)cc1. The number of carbonyl (C=O) groups excluding carboxylic acids is 1. The summed E-state index contributed by atoms with van der Waals surface area (Å²) in [6, 6.07) is 8.14. The fourth-order valence-corrected chi connectivity index (χ4v) is 1.65.